The van der Waals surface area contributed by atoms with Crippen molar-refractivity contribution in [1.29, 1.82) is 0 Å². The van der Waals surface area contributed by atoms with Gasteiger partial charge >= 0.3 is 12.1 Å². The summed E-state index contributed by atoms with van der Waals surface area (Å²) in [6, 6.07) is 0.0634. The second-order valence-corrected chi connectivity index (χ2v) is 12.1. The van der Waals surface area contributed by atoms with E-state index >= 15 is 0 Å². The maximum absolute atomic E-state index is 11.8. The summed E-state index contributed by atoms with van der Waals surface area (Å²) in [6.45, 7) is 10.8. The van der Waals surface area contributed by atoms with E-state index in [-0.39, 0.29) is 5.92 Å². The number of carboxylic acid groups (broad SMARTS) is 1. The number of nitrogens with zero attached hydrogens (tertiary/aromatic N) is 1. The lowest BCUT2D eigenvalue weighted by Crippen LogP contribution is -2.43. The number of likely N-dealkylation sites (N-methyl/N-ethyl adjacent to an activating group) is 1. The van der Waals surface area contributed by atoms with Gasteiger partial charge in [0.05, 0.1) is 6.61 Å². The Kier molecular flexibility index (Phi) is 7.11. The molecule has 0 unspecified atom stereocenters. The van der Waals surface area contributed by atoms with Crippen LogP contribution in [0.1, 0.15) is 20.3 Å². The molecule has 0 rings (SSSR count). The average Bonchev–Trinajstić information content (AvgIpc) is 2.22. The molecule has 0 bridgehead atoms. The second-order valence-electron chi connectivity index (χ2n) is 6.52. The summed E-state index contributed by atoms with van der Waals surface area (Å²) in [4.78, 5) is 24.2. The maximum atomic E-state index is 11.8. The van der Waals surface area contributed by atoms with Gasteiger partial charge in [-0.15, -0.1) is 0 Å². The van der Waals surface area contributed by atoms with Crippen molar-refractivity contribution in [2.24, 2.45) is 5.92 Å². The van der Waals surface area contributed by atoms with Crippen LogP contribution in [0.4, 0.5) is 4.79 Å². The standard InChI is InChI=1S/C13H27NO4Si/c1-10(2)9-11(12(15)16)14(3)13(17)18-7-8-19(4,5)6/h10-11H,7-9H2,1-6H3,(H,15,16)/t11-/m0/s1. The smallest absolute Gasteiger partial charge is 0.410 e. The molecule has 19 heavy (non-hydrogen) atoms. The van der Waals surface area contributed by atoms with Gasteiger partial charge in [-0.3, -0.25) is 4.90 Å². The molecule has 0 saturated carbocycles. The molecule has 0 aliphatic rings. The molecule has 0 aromatic carbocycles. The molecular formula is C13H27NO4Si. The molecule has 0 fully saturated rings. The van der Waals surface area contributed by atoms with Crippen molar-refractivity contribution in [3.05, 3.63) is 0 Å². The molecule has 0 aromatic heterocycles. The first-order valence-corrected chi connectivity index (χ1v) is 10.4. The van der Waals surface area contributed by atoms with Gasteiger partial charge in [0.25, 0.3) is 0 Å². The van der Waals surface area contributed by atoms with Crippen LogP contribution in [0.15, 0.2) is 0 Å². The molecule has 1 amide bonds. The Morgan fingerprint density at radius 1 is 1.26 bits per heavy atom. The summed E-state index contributed by atoms with van der Waals surface area (Å²) in [7, 11) is 0.238. The molecular weight excluding hydrogens is 262 g/mol. The van der Waals surface area contributed by atoms with E-state index in [2.05, 4.69) is 19.6 Å². The topological polar surface area (TPSA) is 66.8 Å². The largest absolute Gasteiger partial charge is 0.480 e. The van der Waals surface area contributed by atoms with E-state index < -0.39 is 26.2 Å². The number of ether oxygens (including phenoxy) is 1. The highest BCUT2D eigenvalue weighted by molar-refractivity contribution is 6.76. The molecule has 6 heteroatoms. The van der Waals surface area contributed by atoms with Crippen molar-refractivity contribution in [3.8, 4) is 0 Å². The second kappa shape index (κ2) is 7.52. The van der Waals surface area contributed by atoms with E-state index in [0.717, 1.165) is 6.04 Å². The lowest BCUT2D eigenvalue weighted by atomic mass is 10.0. The highest BCUT2D eigenvalue weighted by Gasteiger charge is 2.28. The van der Waals surface area contributed by atoms with Gasteiger partial charge in [-0.25, -0.2) is 9.59 Å². The molecule has 0 heterocycles. The molecule has 0 aromatic rings. The van der Waals surface area contributed by atoms with Gasteiger partial charge in [-0.05, 0) is 18.4 Å². The summed E-state index contributed by atoms with van der Waals surface area (Å²) in [6.07, 6.45) is -0.124. The zero-order valence-corrected chi connectivity index (χ0v) is 13.9. The first kappa shape index (κ1) is 18.0. The third-order valence-corrected chi connectivity index (χ3v) is 4.52. The van der Waals surface area contributed by atoms with Crippen LogP contribution in [-0.4, -0.2) is 49.8 Å². The third-order valence-electron chi connectivity index (χ3n) is 2.81. The minimum Gasteiger partial charge on any atom is -0.480 e. The quantitative estimate of drug-likeness (QED) is 0.732. The van der Waals surface area contributed by atoms with Crippen molar-refractivity contribution in [3.63, 3.8) is 0 Å². The van der Waals surface area contributed by atoms with Crippen molar-refractivity contribution in [1.82, 2.24) is 4.90 Å². The van der Waals surface area contributed by atoms with Crippen LogP contribution in [0.3, 0.4) is 0 Å². The van der Waals surface area contributed by atoms with E-state index in [0.29, 0.717) is 13.0 Å². The van der Waals surface area contributed by atoms with Crippen molar-refractivity contribution in [2.45, 2.75) is 52.0 Å². The van der Waals surface area contributed by atoms with Gasteiger partial charge in [-0.2, -0.15) is 0 Å². The number of aliphatic carboxylic acids is 1. The number of hydrogen-bond acceptors (Lipinski definition) is 3. The van der Waals surface area contributed by atoms with Crippen LogP contribution in [0.5, 0.6) is 0 Å². The summed E-state index contributed by atoms with van der Waals surface area (Å²) in [5.74, 6) is -0.781. The van der Waals surface area contributed by atoms with Crippen LogP contribution >= 0.6 is 0 Å². The number of carbonyl (C=O) groups is 2. The maximum Gasteiger partial charge on any atom is 0.410 e. The Morgan fingerprint density at radius 3 is 2.16 bits per heavy atom. The van der Waals surface area contributed by atoms with E-state index in [1.165, 1.54) is 11.9 Å². The van der Waals surface area contributed by atoms with E-state index in [1.807, 2.05) is 13.8 Å². The predicted octanol–water partition coefficient (Wildman–Crippen LogP) is 2.89. The first-order valence-electron chi connectivity index (χ1n) is 6.67. The molecule has 112 valence electrons. The van der Waals surface area contributed by atoms with Crippen molar-refractivity contribution < 1.29 is 19.4 Å². The SMILES string of the molecule is CC(C)C[C@@H](C(=O)O)N(C)C(=O)OCC[Si](C)(C)C. The summed E-state index contributed by atoms with van der Waals surface area (Å²) in [5, 5.41) is 9.15. The zero-order chi connectivity index (χ0) is 15.2. The molecule has 0 aliphatic heterocycles. The molecule has 0 aliphatic carbocycles. The number of carbonyl (C=O) groups excluding carboxylic acids is 1. The van der Waals surface area contributed by atoms with Crippen molar-refractivity contribution in [2.75, 3.05) is 13.7 Å². The fourth-order valence-corrected chi connectivity index (χ4v) is 2.26. The Bertz CT molecular complexity index is 312. The normalized spacial score (nSPS) is 13.2. The number of rotatable bonds is 7. The fourth-order valence-electron chi connectivity index (χ4n) is 1.54. The molecule has 0 spiro atoms. The number of hydrogen-bond donors (Lipinski definition) is 1. The lowest BCUT2D eigenvalue weighted by molar-refractivity contribution is -0.142. The number of amides is 1. The summed E-state index contributed by atoms with van der Waals surface area (Å²) in [5.41, 5.74) is 0. The van der Waals surface area contributed by atoms with Crippen molar-refractivity contribution >= 4 is 20.1 Å². The van der Waals surface area contributed by atoms with Crippen LogP contribution in [0.2, 0.25) is 25.7 Å². The molecule has 0 radical (unpaired) electrons. The summed E-state index contributed by atoms with van der Waals surface area (Å²) < 4.78 is 5.15. The predicted molar refractivity (Wildman–Crippen MR) is 78.1 cm³/mol. The third kappa shape index (κ3) is 7.87. The molecule has 1 N–H and O–H groups in total. The van der Waals surface area contributed by atoms with Crippen LogP contribution < -0.4 is 0 Å². The highest BCUT2D eigenvalue weighted by atomic mass is 28.3. The van der Waals surface area contributed by atoms with E-state index in [9.17, 15) is 9.59 Å². The number of carboxylic acids is 1. The lowest BCUT2D eigenvalue weighted by Gasteiger charge is -2.26. The van der Waals surface area contributed by atoms with Crippen LogP contribution in [0, 0.1) is 5.92 Å². The Balaban J connectivity index is 4.39. The molecule has 1 atom stereocenters. The van der Waals surface area contributed by atoms with Crippen LogP contribution in [-0.2, 0) is 9.53 Å². The Hall–Kier alpha value is -1.04. The monoisotopic (exact) mass is 289 g/mol. The Labute approximate surface area is 116 Å². The van der Waals surface area contributed by atoms with Gasteiger partial charge in [0.15, 0.2) is 0 Å². The van der Waals surface area contributed by atoms with Gasteiger partial charge in [0.1, 0.15) is 6.04 Å². The van der Waals surface area contributed by atoms with E-state index in [1.54, 1.807) is 0 Å². The van der Waals surface area contributed by atoms with Gasteiger partial charge < -0.3 is 9.84 Å². The molecule has 0 saturated heterocycles. The first-order chi connectivity index (χ1) is 8.54. The molecule has 5 nitrogen and oxygen atoms in total. The zero-order valence-electron chi connectivity index (χ0n) is 12.9. The van der Waals surface area contributed by atoms with Gasteiger partial charge in [0, 0.05) is 15.1 Å². The van der Waals surface area contributed by atoms with Crippen LogP contribution in [0.25, 0.3) is 0 Å². The average molecular weight is 289 g/mol. The van der Waals surface area contributed by atoms with Gasteiger partial charge in [0.2, 0.25) is 0 Å². The highest BCUT2D eigenvalue weighted by Crippen LogP contribution is 2.13. The minimum atomic E-state index is -1.25. The Morgan fingerprint density at radius 2 is 1.79 bits per heavy atom. The summed E-state index contributed by atoms with van der Waals surface area (Å²) >= 11 is 0. The van der Waals surface area contributed by atoms with E-state index in [4.69, 9.17) is 9.84 Å². The minimum absolute atomic E-state index is 0.207. The fraction of sp³-hybridized carbons (Fsp3) is 0.846. The van der Waals surface area contributed by atoms with Gasteiger partial charge in [-0.1, -0.05) is 33.5 Å².